The number of rotatable bonds is 7. The molecule has 1 unspecified atom stereocenters. The van der Waals surface area contributed by atoms with Crippen LogP contribution >= 0.6 is 0 Å². The van der Waals surface area contributed by atoms with Crippen molar-refractivity contribution in [3.8, 4) is 5.75 Å². The first-order valence-corrected chi connectivity index (χ1v) is 10.0. The molecule has 2 aromatic carbocycles. The smallest absolute Gasteiger partial charge is 0.225 e. The fraction of sp³-hybridized carbons (Fsp3) is 0.391. The van der Waals surface area contributed by atoms with Crippen molar-refractivity contribution in [3.05, 3.63) is 65.7 Å². The van der Waals surface area contributed by atoms with Gasteiger partial charge in [0, 0.05) is 39.6 Å². The normalized spacial score (nSPS) is 15.6. The second-order valence-corrected chi connectivity index (χ2v) is 7.37. The van der Waals surface area contributed by atoms with E-state index in [-0.39, 0.29) is 24.3 Å². The van der Waals surface area contributed by atoms with Crippen LogP contribution in [0.2, 0.25) is 0 Å². The van der Waals surface area contributed by atoms with Crippen molar-refractivity contribution < 1.29 is 14.3 Å². The summed E-state index contributed by atoms with van der Waals surface area (Å²) in [6, 6.07) is 17.5. The van der Waals surface area contributed by atoms with Crippen molar-refractivity contribution in [2.45, 2.75) is 25.9 Å². The Hall–Kier alpha value is -2.86. The Balaban J connectivity index is 1.56. The molecule has 1 atom stereocenters. The molecule has 0 aromatic heterocycles. The highest BCUT2D eigenvalue weighted by Crippen LogP contribution is 2.22. The molecule has 0 bridgehead atoms. The second kappa shape index (κ2) is 10.1. The Morgan fingerprint density at radius 3 is 2.24 bits per heavy atom. The molecule has 2 aromatic rings. The van der Waals surface area contributed by atoms with Gasteiger partial charge in [0.1, 0.15) is 5.75 Å². The van der Waals surface area contributed by atoms with E-state index in [2.05, 4.69) is 34.5 Å². The Morgan fingerprint density at radius 2 is 1.66 bits per heavy atom. The fourth-order valence-corrected chi connectivity index (χ4v) is 3.63. The molecule has 154 valence electrons. The van der Waals surface area contributed by atoms with Crippen LogP contribution in [-0.2, 0) is 16.1 Å². The lowest BCUT2D eigenvalue weighted by Crippen LogP contribution is -2.49. The monoisotopic (exact) mass is 395 g/mol. The van der Waals surface area contributed by atoms with Gasteiger partial charge in [0.05, 0.1) is 19.6 Å². The van der Waals surface area contributed by atoms with Crippen LogP contribution in [0, 0.1) is 0 Å². The topological polar surface area (TPSA) is 61.9 Å². The third-order valence-electron chi connectivity index (χ3n) is 5.25. The molecule has 1 N–H and O–H groups in total. The number of amides is 2. The summed E-state index contributed by atoms with van der Waals surface area (Å²) in [5, 5.41) is 2.91. The van der Waals surface area contributed by atoms with Gasteiger partial charge in [0.25, 0.3) is 0 Å². The third-order valence-corrected chi connectivity index (χ3v) is 5.25. The van der Waals surface area contributed by atoms with Crippen molar-refractivity contribution in [3.63, 3.8) is 0 Å². The Bertz CT molecular complexity index is 800. The summed E-state index contributed by atoms with van der Waals surface area (Å²) in [4.78, 5) is 28.8. The van der Waals surface area contributed by atoms with Gasteiger partial charge in [0.15, 0.2) is 0 Å². The lowest BCUT2D eigenvalue weighted by atomic mass is 10.0. The minimum absolute atomic E-state index is 0.0685. The van der Waals surface area contributed by atoms with Crippen molar-refractivity contribution >= 4 is 11.8 Å². The average Bonchev–Trinajstić information content (AvgIpc) is 2.74. The molecule has 1 heterocycles. The predicted octanol–water partition coefficient (Wildman–Crippen LogP) is 2.61. The van der Waals surface area contributed by atoms with Gasteiger partial charge in [-0.05, 0) is 23.3 Å². The number of methoxy groups -OCH3 is 1. The number of hydrogen-bond acceptors (Lipinski definition) is 4. The van der Waals surface area contributed by atoms with E-state index in [0.29, 0.717) is 13.1 Å². The van der Waals surface area contributed by atoms with Crippen LogP contribution in [-0.4, -0.2) is 54.9 Å². The van der Waals surface area contributed by atoms with E-state index in [1.807, 2.05) is 35.2 Å². The molecule has 1 aliphatic heterocycles. The minimum Gasteiger partial charge on any atom is -0.497 e. The molecule has 3 rings (SSSR count). The summed E-state index contributed by atoms with van der Waals surface area (Å²) >= 11 is 0. The van der Waals surface area contributed by atoms with Crippen LogP contribution in [0.3, 0.4) is 0 Å². The summed E-state index contributed by atoms with van der Waals surface area (Å²) in [6.45, 7) is 5.51. The molecule has 2 amide bonds. The Morgan fingerprint density at radius 1 is 1.00 bits per heavy atom. The number of benzene rings is 2. The fourth-order valence-electron chi connectivity index (χ4n) is 3.63. The molecule has 0 aliphatic carbocycles. The first-order valence-electron chi connectivity index (χ1n) is 10.0. The van der Waals surface area contributed by atoms with Crippen LogP contribution in [0.15, 0.2) is 54.6 Å². The minimum atomic E-state index is -0.340. The number of piperazine rings is 1. The Labute approximate surface area is 172 Å². The van der Waals surface area contributed by atoms with E-state index < -0.39 is 0 Å². The van der Waals surface area contributed by atoms with Gasteiger partial charge >= 0.3 is 0 Å². The molecular formula is C23H29N3O3. The number of carbonyl (C=O) groups excluding carboxylic acids is 2. The first kappa shape index (κ1) is 20.9. The van der Waals surface area contributed by atoms with Crippen molar-refractivity contribution in [1.82, 2.24) is 15.1 Å². The summed E-state index contributed by atoms with van der Waals surface area (Å²) < 4.78 is 5.19. The second-order valence-electron chi connectivity index (χ2n) is 7.37. The summed E-state index contributed by atoms with van der Waals surface area (Å²) in [5.74, 6) is 0.668. The SMILES string of the molecule is COc1ccc(C(CC(=O)N2CCN(Cc3ccccc3)CC2)NC(C)=O)cc1. The zero-order valence-electron chi connectivity index (χ0n) is 17.1. The van der Waals surface area contributed by atoms with Crippen molar-refractivity contribution in [1.29, 1.82) is 0 Å². The molecule has 29 heavy (non-hydrogen) atoms. The summed E-state index contributed by atoms with van der Waals surface area (Å²) in [7, 11) is 1.61. The average molecular weight is 396 g/mol. The highest BCUT2D eigenvalue weighted by Gasteiger charge is 2.25. The van der Waals surface area contributed by atoms with E-state index >= 15 is 0 Å². The number of nitrogens with one attached hydrogen (secondary N) is 1. The standard InChI is InChI=1S/C23H29N3O3/c1-18(27)24-22(20-8-10-21(29-2)11-9-20)16-23(28)26-14-12-25(13-15-26)17-19-6-4-3-5-7-19/h3-11,22H,12-17H2,1-2H3,(H,24,27). The highest BCUT2D eigenvalue weighted by atomic mass is 16.5. The maximum absolute atomic E-state index is 12.9. The van der Waals surface area contributed by atoms with Gasteiger partial charge in [-0.15, -0.1) is 0 Å². The van der Waals surface area contributed by atoms with Gasteiger partial charge in [-0.25, -0.2) is 0 Å². The van der Waals surface area contributed by atoms with E-state index in [0.717, 1.165) is 30.9 Å². The van der Waals surface area contributed by atoms with E-state index in [1.165, 1.54) is 12.5 Å². The van der Waals surface area contributed by atoms with Crippen LogP contribution in [0.4, 0.5) is 0 Å². The molecule has 6 nitrogen and oxygen atoms in total. The van der Waals surface area contributed by atoms with Gasteiger partial charge in [-0.1, -0.05) is 42.5 Å². The molecule has 1 aliphatic rings. The summed E-state index contributed by atoms with van der Waals surface area (Å²) in [5.41, 5.74) is 2.19. The van der Waals surface area contributed by atoms with E-state index in [4.69, 9.17) is 4.74 Å². The maximum Gasteiger partial charge on any atom is 0.225 e. The summed E-state index contributed by atoms with van der Waals surface area (Å²) in [6.07, 6.45) is 0.255. The first-order chi connectivity index (χ1) is 14.0. The number of hydrogen-bond donors (Lipinski definition) is 1. The van der Waals surface area contributed by atoms with Gasteiger partial charge in [0.2, 0.25) is 11.8 Å². The number of nitrogens with zero attached hydrogens (tertiary/aromatic N) is 2. The maximum atomic E-state index is 12.9. The Kier molecular flexibility index (Phi) is 7.25. The van der Waals surface area contributed by atoms with Crippen molar-refractivity contribution in [2.75, 3.05) is 33.3 Å². The zero-order chi connectivity index (χ0) is 20.6. The predicted molar refractivity (Wildman–Crippen MR) is 112 cm³/mol. The quantitative estimate of drug-likeness (QED) is 0.783. The third kappa shape index (κ3) is 6.06. The van der Waals surface area contributed by atoms with Gasteiger partial charge in [-0.3, -0.25) is 14.5 Å². The van der Waals surface area contributed by atoms with E-state index in [1.54, 1.807) is 7.11 Å². The molecule has 0 saturated carbocycles. The molecule has 1 saturated heterocycles. The van der Waals surface area contributed by atoms with Crippen LogP contribution in [0.25, 0.3) is 0 Å². The molecule has 6 heteroatoms. The highest BCUT2D eigenvalue weighted by molar-refractivity contribution is 5.79. The van der Waals surface area contributed by atoms with Crippen molar-refractivity contribution in [2.24, 2.45) is 0 Å². The van der Waals surface area contributed by atoms with Crippen LogP contribution in [0.5, 0.6) is 5.75 Å². The van der Waals surface area contributed by atoms with Gasteiger partial charge < -0.3 is 15.0 Å². The molecular weight excluding hydrogens is 366 g/mol. The zero-order valence-corrected chi connectivity index (χ0v) is 17.1. The number of carbonyl (C=O) groups is 2. The lowest BCUT2D eigenvalue weighted by Gasteiger charge is -2.35. The molecule has 0 spiro atoms. The largest absolute Gasteiger partial charge is 0.497 e. The number of ether oxygens (including phenoxy) is 1. The van der Waals surface area contributed by atoms with Gasteiger partial charge in [-0.2, -0.15) is 0 Å². The van der Waals surface area contributed by atoms with Crippen LogP contribution in [0.1, 0.15) is 30.5 Å². The van der Waals surface area contributed by atoms with Crippen LogP contribution < -0.4 is 10.1 Å². The lowest BCUT2D eigenvalue weighted by molar-refractivity contribution is -0.133. The molecule has 0 radical (unpaired) electrons. The molecule has 1 fully saturated rings. The van der Waals surface area contributed by atoms with E-state index in [9.17, 15) is 9.59 Å².